The van der Waals surface area contributed by atoms with Crippen molar-refractivity contribution >= 4 is 29.9 Å². The van der Waals surface area contributed by atoms with Gasteiger partial charge in [-0.1, -0.05) is 43.7 Å². The minimum atomic E-state index is 0. The summed E-state index contributed by atoms with van der Waals surface area (Å²) in [4.78, 5) is 4.88. The van der Waals surface area contributed by atoms with Crippen LogP contribution in [-0.2, 0) is 10.2 Å². The third kappa shape index (κ3) is 5.09. The fourth-order valence-electron chi connectivity index (χ4n) is 3.72. The number of aryl methyl sites for hydroxylation is 1. The maximum atomic E-state index is 5.95. The van der Waals surface area contributed by atoms with Crippen LogP contribution in [0, 0.1) is 6.92 Å². The molecular weight excluding hydrogens is 425 g/mol. The average Bonchev–Trinajstić information content (AvgIpc) is 3.16. The van der Waals surface area contributed by atoms with Crippen molar-refractivity contribution in [1.29, 1.82) is 0 Å². The molecule has 2 aliphatic rings. The quantitative estimate of drug-likeness (QED) is 0.402. The zero-order chi connectivity index (χ0) is 17.2. The topological polar surface area (TPSA) is 45.7 Å². The highest BCUT2D eigenvalue weighted by atomic mass is 127. The normalized spacial score (nSPS) is 25.6. The van der Waals surface area contributed by atoms with E-state index in [-0.39, 0.29) is 29.4 Å². The number of nitrogens with zero attached hydrogens (tertiary/aromatic N) is 1. The number of fused-ring (bicyclic) bond motifs is 2. The SMILES string of the molecule is CCNC(=NCC(C)(C)c1cccc(C)c1)NC1CC2CCC1O2.I. The summed E-state index contributed by atoms with van der Waals surface area (Å²) in [5.74, 6) is 0.916. The second-order valence-corrected chi connectivity index (χ2v) is 7.81. The van der Waals surface area contributed by atoms with E-state index >= 15 is 0 Å². The lowest BCUT2D eigenvalue weighted by Gasteiger charge is -2.26. The Morgan fingerprint density at radius 2 is 2.12 bits per heavy atom. The van der Waals surface area contributed by atoms with Crippen LogP contribution in [0.4, 0.5) is 0 Å². The van der Waals surface area contributed by atoms with Crippen LogP contribution in [0.25, 0.3) is 0 Å². The van der Waals surface area contributed by atoms with Crippen LogP contribution < -0.4 is 10.6 Å². The van der Waals surface area contributed by atoms with Gasteiger partial charge in [0.25, 0.3) is 0 Å². The first-order chi connectivity index (χ1) is 11.5. The van der Waals surface area contributed by atoms with Crippen molar-refractivity contribution in [3.8, 4) is 0 Å². The summed E-state index contributed by atoms with van der Waals surface area (Å²) in [6.45, 7) is 10.4. The van der Waals surface area contributed by atoms with Crippen molar-refractivity contribution in [3.05, 3.63) is 35.4 Å². The summed E-state index contributed by atoms with van der Waals surface area (Å²) in [6.07, 6.45) is 4.33. The average molecular weight is 457 g/mol. The van der Waals surface area contributed by atoms with E-state index in [0.717, 1.165) is 25.5 Å². The van der Waals surface area contributed by atoms with Crippen LogP contribution in [0.1, 0.15) is 51.2 Å². The monoisotopic (exact) mass is 457 g/mol. The molecule has 5 heteroatoms. The summed E-state index contributed by atoms with van der Waals surface area (Å²) >= 11 is 0. The van der Waals surface area contributed by atoms with Gasteiger partial charge < -0.3 is 15.4 Å². The van der Waals surface area contributed by atoms with E-state index in [1.54, 1.807) is 0 Å². The minimum absolute atomic E-state index is 0. The molecular formula is C20H32IN3O. The van der Waals surface area contributed by atoms with Gasteiger partial charge in [-0.3, -0.25) is 4.99 Å². The molecule has 0 amide bonds. The largest absolute Gasteiger partial charge is 0.373 e. The van der Waals surface area contributed by atoms with Crippen molar-refractivity contribution in [1.82, 2.24) is 10.6 Å². The van der Waals surface area contributed by atoms with Gasteiger partial charge in [0, 0.05) is 12.0 Å². The van der Waals surface area contributed by atoms with Gasteiger partial charge in [-0.15, -0.1) is 24.0 Å². The molecule has 0 radical (unpaired) electrons. The van der Waals surface area contributed by atoms with E-state index in [0.29, 0.717) is 18.2 Å². The molecule has 2 bridgehead atoms. The molecule has 2 N–H and O–H groups in total. The molecule has 4 nitrogen and oxygen atoms in total. The maximum absolute atomic E-state index is 5.95. The van der Waals surface area contributed by atoms with E-state index in [1.807, 2.05) is 0 Å². The molecule has 0 spiro atoms. The highest BCUT2D eigenvalue weighted by Gasteiger charge is 2.41. The van der Waals surface area contributed by atoms with E-state index in [4.69, 9.17) is 9.73 Å². The maximum Gasteiger partial charge on any atom is 0.191 e. The Labute approximate surface area is 169 Å². The Balaban J connectivity index is 0.00000225. The Morgan fingerprint density at radius 3 is 2.72 bits per heavy atom. The number of hydrogen-bond donors (Lipinski definition) is 2. The van der Waals surface area contributed by atoms with Crippen LogP contribution in [-0.4, -0.2) is 37.3 Å². The number of halogens is 1. The van der Waals surface area contributed by atoms with Gasteiger partial charge in [0.15, 0.2) is 5.96 Å². The molecule has 140 valence electrons. The predicted molar refractivity (Wildman–Crippen MR) is 115 cm³/mol. The first kappa shape index (κ1) is 20.5. The number of aliphatic imine (C=N–C) groups is 1. The van der Waals surface area contributed by atoms with Gasteiger partial charge in [0.05, 0.1) is 24.8 Å². The molecule has 25 heavy (non-hydrogen) atoms. The smallest absolute Gasteiger partial charge is 0.191 e. The van der Waals surface area contributed by atoms with Crippen molar-refractivity contribution in [2.24, 2.45) is 4.99 Å². The van der Waals surface area contributed by atoms with Crippen LogP contribution >= 0.6 is 24.0 Å². The van der Waals surface area contributed by atoms with E-state index in [2.05, 4.69) is 62.6 Å². The number of benzene rings is 1. The fraction of sp³-hybridized carbons (Fsp3) is 0.650. The third-order valence-corrected chi connectivity index (χ3v) is 5.20. The van der Waals surface area contributed by atoms with Gasteiger partial charge >= 0.3 is 0 Å². The lowest BCUT2D eigenvalue weighted by atomic mass is 9.84. The highest BCUT2D eigenvalue weighted by molar-refractivity contribution is 14.0. The number of hydrogen-bond acceptors (Lipinski definition) is 2. The number of nitrogens with one attached hydrogen (secondary N) is 2. The van der Waals surface area contributed by atoms with Gasteiger partial charge in [-0.25, -0.2) is 0 Å². The van der Waals surface area contributed by atoms with E-state index in [1.165, 1.54) is 24.0 Å². The van der Waals surface area contributed by atoms with Crippen molar-refractivity contribution < 1.29 is 4.74 Å². The molecule has 1 aromatic rings. The summed E-state index contributed by atoms with van der Waals surface area (Å²) in [6, 6.07) is 9.14. The predicted octanol–water partition coefficient (Wildman–Crippen LogP) is 3.77. The highest BCUT2D eigenvalue weighted by Crippen LogP contribution is 2.34. The zero-order valence-corrected chi connectivity index (χ0v) is 18.2. The summed E-state index contributed by atoms with van der Waals surface area (Å²) in [5, 5.41) is 6.99. The molecule has 0 aliphatic carbocycles. The van der Waals surface area contributed by atoms with Crippen LogP contribution in [0.2, 0.25) is 0 Å². The van der Waals surface area contributed by atoms with Crippen molar-refractivity contribution in [3.63, 3.8) is 0 Å². The number of guanidine groups is 1. The Hall–Kier alpha value is -0.820. The lowest BCUT2D eigenvalue weighted by Crippen LogP contribution is -2.47. The second-order valence-electron chi connectivity index (χ2n) is 7.81. The molecule has 2 fully saturated rings. The van der Waals surface area contributed by atoms with Crippen molar-refractivity contribution in [2.75, 3.05) is 13.1 Å². The molecule has 3 atom stereocenters. The molecule has 2 saturated heterocycles. The van der Waals surface area contributed by atoms with E-state index < -0.39 is 0 Å². The molecule has 3 rings (SSSR count). The van der Waals surface area contributed by atoms with Gasteiger partial charge in [0.2, 0.25) is 0 Å². The third-order valence-electron chi connectivity index (χ3n) is 5.20. The zero-order valence-electron chi connectivity index (χ0n) is 15.8. The lowest BCUT2D eigenvalue weighted by molar-refractivity contribution is 0.0992. The van der Waals surface area contributed by atoms with Gasteiger partial charge in [-0.2, -0.15) is 0 Å². The minimum Gasteiger partial charge on any atom is -0.373 e. The van der Waals surface area contributed by atoms with Gasteiger partial charge in [-0.05, 0) is 38.7 Å². The molecule has 3 unspecified atom stereocenters. The summed E-state index contributed by atoms with van der Waals surface area (Å²) in [7, 11) is 0. The molecule has 1 aromatic carbocycles. The number of ether oxygens (including phenoxy) is 1. The molecule has 0 saturated carbocycles. The van der Waals surface area contributed by atoms with Gasteiger partial charge in [0.1, 0.15) is 0 Å². The summed E-state index contributed by atoms with van der Waals surface area (Å²) in [5.41, 5.74) is 2.65. The van der Waals surface area contributed by atoms with Crippen LogP contribution in [0.3, 0.4) is 0 Å². The van der Waals surface area contributed by atoms with Crippen molar-refractivity contribution in [2.45, 2.75) is 70.6 Å². The Morgan fingerprint density at radius 1 is 1.32 bits per heavy atom. The Bertz CT molecular complexity index is 602. The first-order valence-corrected chi connectivity index (χ1v) is 9.25. The summed E-state index contributed by atoms with van der Waals surface area (Å²) < 4.78 is 5.95. The Kier molecular flexibility index (Phi) is 7.14. The molecule has 2 heterocycles. The first-order valence-electron chi connectivity index (χ1n) is 9.25. The van der Waals surface area contributed by atoms with Crippen LogP contribution in [0.5, 0.6) is 0 Å². The van der Waals surface area contributed by atoms with E-state index in [9.17, 15) is 0 Å². The number of rotatable bonds is 5. The molecule has 0 aromatic heterocycles. The fourth-order valence-corrected chi connectivity index (χ4v) is 3.72. The molecule has 2 aliphatic heterocycles. The second kappa shape index (κ2) is 8.71. The van der Waals surface area contributed by atoms with Crippen LogP contribution in [0.15, 0.2) is 29.3 Å². The standard InChI is InChI=1S/C20H31N3O.HI/c1-5-21-19(23-17-12-16-9-10-18(17)24-16)22-13-20(3,4)15-8-6-7-14(2)11-15;/h6-8,11,16-18H,5,9-10,12-13H2,1-4H3,(H2,21,22,23);1H.